The van der Waals surface area contributed by atoms with Crippen LogP contribution in [0.15, 0.2) is 60.7 Å². The van der Waals surface area contributed by atoms with Gasteiger partial charge in [0.25, 0.3) is 0 Å². The fourth-order valence-electron chi connectivity index (χ4n) is 3.85. The van der Waals surface area contributed by atoms with E-state index in [0.717, 1.165) is 0 Å². The highest BCUT2D eigenvalue weighted by atomic mass is 16.3. The number of rotatable bonds is 8. The van der Waals surface area contributed by atoms with E-state index < -0.39 is 11.6 Å². The van der Waals surface area contributed by atoms with E-state index >= 15 is 0 Å². The molecular formula is C24H31N3O3. The second kappa shape index (κ2) is 9.87. The fourth-order valence-corrected chi connectivity index (χ4v) is 3.85. The molecule has 0 radical (unpaired) electrons. The van der Waals surface area contributed by atoms with Crippen LogP contribution < -0.4 is 10.6 Å². The van der Waals surface area contributed by atoms with E-state index in [-0.39, 0.29) is 30.8 Å². The molecule has 1 fully saturated rings. The minimum Gasteiger partial charge on any atom is -0.394 e. The van der Waals surface area contributed by atoms with Gasteiger partial charge in [0.2, 0.25) is 11.8 Å². The number of piperazine rings is 1. The number of carbonyl (C=O) groups excluding carboxylic acids is 2. The zero-order chi connectivity index (χ0) is 21.6. The molecule has 160 valence electrons. The van der Waals surface area contributed by atoms with Gasteiger partial charge in [0.05, 0.1) is 24.6 Å². The molecular weight excluding hydrogens is 378 g/mol. The van der Waals surface area contributed by atoms with Crippen molar-refractivity contribution in [2.45, 2.75) is 37.8 Å². The molecule has 3 N–H and O–H groups in total. The normalized spacial score (nSPS) is 17.6. The van der Waals surface area contributed by atoms with Crippen LogP contribution in [-0.4, -0.2) is 59.6 Å². The Bertz CT molecular complexity index is 800. The highest BCUT2D eigenvalue weighted by Gasteiger charge is 2.34. The summed E-state index contributed by atoms with van der Waals surface area (Å²) in [6, 6.07) is 20.0. The maximum absolute atomic E-state index is 12.6. The van der Waals surface area contributed by atoms with Crippen LogP contribution in [0.4, 0.5) is 0 Å². The minimum atomic E-state index is -0.719. The number of aliphatic hydroxyl groups is 1. The maximum Gasteiger partial charge on any atom is 0.237 e. The zero-order valence-electron chi connectivity index (χ0n) is 17.7. The van der Waals surface area contributed by atoms with Crippen molar-refractivity contribution in [1.29, 1.82) is 0 Å². The summed E-state index contributed by atoms with van der Waals surface area (Å²) in [4.78, 5) is 27.3. The number of benzene rings is 2. The van der Waals surface area contributed by atoms with Crippen molar-refractivity contribution in [1.82, 2.24) is 15.5 Å². The Balaban J connectivity index is 1.81. The van der Waals surface area contributed by atoms with E-state index in [1.165, 1.54) is 11.1 Å². The summed E-state index contributed by atoms with van der Waals surface area (Å²) >= 11 is 0. The lowest BCUT2D eigenvalue weighted by atomic mass is 9.90. The molecule has 1 atom stereocenters. The van der Waals surface area contributed by atoms with Crippen molar-refractivity contribution in [3.8, 4) is 0 Å². The van der Waals surface area contributed by atoms with E-state index in [1.54, 1.807) is 13.8 Å². The van der Waals surface area contributed by atoms with Gasteiger partial charge in [-0.05, 0) is 25.0 Å². The number of hydrogen-bond donors (Lipinski definition) is 3. The van der Waals surface area contributed by atoms with Gasteiger partial charge in [-0.3, -0.25) is 14.5 Å². The average Bonchev–Trinajstić information content (AvgIpc) is 2.75. The lowest BCUT2D eigenvalue weighted by Gasteiger charge is -2.37. The van der Waals surface area contributed by atoms with Crippen molar-refractivity contribution in [3.63, 3.8) is 0 Å². The number of nitrogens with one attached hydrogen (secondary N) is 2. The van der Waals surface area contributed by atoms with Crippen LogP contribution in [0.2, 0.25) is 0 Å². The van der Waals surface area contributed by atoms with Crippen molar-refractivity contribution < 1.29 is 14.7 Å². The van der Waals surface area contributed by atoms with Gasteiger partial charge in [0.1, 0.15) is 0 Å². The number of carbonyl (C=O) groups is 2. The molecule has 2 amide bonds. The Labute approximate surface area is 178 Å². The Morgan fingerprint density at radius 1 is 1.13 bits per heavy atom. The van der Waals surface area contributed by atoms with Crippen molar-refractivity contribution in [2.75, 3.05) is 26.2 Å². The van der Waals surface area contributed by atoms with Crippen LogP contribution in [0.25, 0.3) is 0 Å². The SMILES string of the molecule is CC(C)(CO)NC(=O)CC1C(=O)NCCN1CC(c1ccccc1)c1ccccc1. The number of amides is 2. The third-order valence-electron chi connectivity index (χ3n) is 5.51. The Kier molecular flexibility index (Phi) is 7.24. The summed E-state index contributed by atoms with van der Waals surface area (Å²) in [6.07, 6.45) is 0.0611. The van der Waals surface area contributed by atoms with E-state index in [0.29, 0.717) is 19.6 Å². The lowest BCUT2D eigenvalue weighted by Crippen LogP contribution is -2.58. The predicted octanol–water partition coefficient (Wildman–Crippen LogP) is 1.90. The molecule has 1 aliphatic rings. The van der Waals surface area contributed by atoms with Crippen LogP contribution in [0, 0.1) is 0 Å². The Morgan fingerprint density at radius 3 is 2.23 bits per heavy atom. The first-order valence-corrected chi connectivity index (χ1v) is 10.4. The molecule has 2 aromatic carbocycles. The molecule has 2 aromatic rings. The second-order valence-corrected chi connectivity index (χ2v) is 8.47. The summed E-state index contributed by atoms with van der Waals surface area (Å²) in [5.74, 6) is -0.270. The second-order valence-electron chi connectivity index (χ2n) is 8.47. The van der Waals surface area contributed by atoms with Gasteiger partial charge in [-0.2, -0.15) is 0 Å². The smallest absolute Gasteiger partial charge is 0.237 e. The highest BCUT2D eigenvalue weighted by molar-refractivity contribution is 5.89. The lowest BCUT2D eigenvalue weighted by molar-refractivity contribution is -0.134. The third-order valence-corrected chi connectivity index (χ3v) is 5.51. The predicted molar refractivity (Wildman–Crippen MR) is 117 cm³/mol. The molecule has 6 heteroatoms. The summed E-state index contributed by atoms with van der Waals surface area (Å²) in [7, 11) is 0. The molecule has 1 aliphatic heterocycles. The minimum absolute atomic E-state index is 0.0611. The quantitative estimate of drug-likeness (QED) is 0.622. The largest absolute Gasteiger partial charge is 0.394 e. The molecule has 0 aromatic heterocycles. The topological polar surface area (TPSA) is 81.7 Å². The summed E-state index contributed by atoms with van der Waals surface area (Å²) in [5.41, 5.74) is 1.64. The number of hydrogen-bond acceptors (Lipinski definition) is 4. The van der Waals surface area contributed by atoms with Gasteiger partial charge >= 0.3 is 0 Å². The van der Waals surface area contributed by atoms with Crippen LogP contribution in [-0.2, 0) is 9.59 Å². The Morgan fingerprint density at radius 2 is 1.70 bits per heavy atom. The third kappa shape index (κ3) is 5.68. The molecule has 30 heavy (non-hydrogen) atoms. The average molecular weight is 410 g/mol. The van der Waals surface area contributed by atoms with E-state index in [4.69, 9.17) is 0 Å². The first kappa shape index (κ1) is 22.0. The van der Waals surface area contributed by atoms with Crippen LogP contribution >= 0.6 is 0 Å². The highest BCUT2D eigenvalue weighted by Crippen LogP contribution is 2.27. The fraction of sp³-hybridized carbons (Fsp3) is 0.417. The molecule has 1 heterocycles. The zero-order valence-corrected chi connectivity index (χ0v) is 17.7. The molecule has 1 unspecified atom stereocenters. The number of aliphatic hydroxyl groups excluding tert-OH is 1. The maximum atomic E-state index is 12.6. The van der Waals surface area contributed by atoms with Gasteiger partial charge < -0.3 is 15.7 Å². The summed E-state index contributed by atoms with van der Waals surface area (Å²) in [5, 5.41) is 15.1. The van der Waals surface area contributed by atoms with E-state index in [1.807, 2.05) is 36.4 Å². The monoisotopic (exact) mass is 409 g/mol. The van der Waals surface area contributed by atoms with E-state index in [2.05, 4.69) is 39.8 Å². The first-order chi connectivity index (χ1) is 14.4. The van der Waals surface area contributed by atoms with Crippen molar-refractivity contribution >= 4 is 11.8 Å². The molecule has 3 rings (SSSR count). The van der Waals surface area contributed by atoms with Gasteiger partial charge in [-0.1, -0.05) is 60.7 Å². The standard InChI is InChI=1S/C24H31N3O3/c1-24(2,17-28)26-22(29)15-21-23(30)25-13-14-27(21)16-20(18-9-5-3-6-10-18)19-11-7-4-8-12-19/h3-12,20-21,28H,13-17H2,1-2H3,(H,25,30)(H,26,29). The van der Waals surface area contributed by atoms with Gasteiger partial charge in [0, 0.05) is 25.6 Å². The van der Waals surface area contributed by atoms with Gasteiger partial charge in [0.15, 0.2) is 0 Å². The molecule has 0 aliphatic carbocycles. The molecule has 0 spiro atoms. The molecule has 0 bridgehead atoms. The van der Waals surface area contributed by atoms with Gasteiger partial charge in [-0.15, -0.1) is 0 Å². The molecule has 1 saturated heterocycles. The van der Waals surface area contributed by atoms with Crippen molar-refractivity contribution in [3.05, 3.63) is 71.8 Å². The molecule has 6 nitrogen and oxygen atoms in total. The molecule has 0 saturated carbocycles. The van der Waals surface area contributed by atoms with Crippen LogP contribution in [0.3, 0.4) is 0 Å². The Hall–Kier alpha value is -2.70. The van der Waals surface area contributed by atoms with Crippen molar-refractivity contribution in [2.24, 2.45) is 0 Å². The van der Waals surface area contributed by atoms with Gasteiger partial charge in [-0.25, -0.2) is 0 Å². The summed E-state index contributed by atoms with van der Waals surface area (Å²) < 4.78 is 0. The van der Waals surface area contributed by atoms with Crippen LogP contribution in [0.1, 0.15) is 37.3 Å². The summed E-state index contributed by atoms with van der Waals surface area (Å²) in [6.45, 7) is 5.24. The number of nitrogens with zero attached hydrogens (tertiary/aromatic N) is 1. The first-order valence-electron chi connectivity index (χ1n) is 10.4. The van der Waals surface area contributed by atoms with Crippen LogP contribution in [0.5, 0.6) is 0 Å². The van der Waals surface area contributed by atoms with E-state index in [9.17, 15) is 14.7 Å².